The third-order valence-electron chi connectivity index (χ3n) is 2.32. The van der Waals surface area contributed by atoms with Crippen LogP contribution in [-0.2, 0) is 25.4 Å². The van der Waals surface area contributed by atoms with Gasteiger partial charge in [0.15, 0.2) is 9.84 Å². The van der Waals surface area contributed by atoms with E-state index in [0.717, 1.165) is 12.3 Å². The number of nitrogens with zero attached hydrogens (tertiary/aromatic N) is 1. The van der Waals surface area contributed by atoms with Crippen LogP contribution in [0.25, 0.3) is 0 Å². The minimum Gasteiger partial charge on any atom is -0.229 e. The zero-order chi connectivity index (χ0) is 14.7. The van der Waals surface area contributed by atoms with Crippen LogP contribution in [0.4, 0.5) is 4.39 Å². The number of sulfone groups is 2. The Kier molecular flexibility index (Phi) is 4.66. The molecule has 0 N–H and O–H groups in total. The first-order chi connectivity index (χ1) is 8.63. The molecule has 0 saturated heterocycles. The minimum absolute atomic E-state index is 0.0764. The lowest BCUT2D eigenvalue weighted by molar-refractivity contribution is 0.584. The number of benzene rings is 1. The highest BCUT2D eigenvalue weighted by Gasteiger charge is 2.17. The van der Waals surface area contributed by atoms with E-state index in [9.17, 15) is 21.2 Å². The first-order valence-electron chi connectivity index (χ1n) is 5.20. The molecular formula is C11H12FNO4S2. The highest BCUT2D eigenvalue weighted by molar-refractivity contribution is 7.94. The van der Waals surface area contributed by atoms with E-state index in [0.29, 0.717) is 0 Å². The summed E-state index contributed by atoms with van der Waals surface area (Å²) in [5.74, 6) is -2.42. The van der Waals surface area contributed by atoms with Gasteiger partial charge in [-0.1, -0.05) is 6.07 Å². The number of rotatable bonds is 5. The van der Waals surface area contributed by atoms with E-state index in [-0.39, 0.29) is 11.1 Å². The molecule has 8 heteroatoms. The Hall–Kier alpha value is -1.46. The zero-order valence-corrected chi connectivity index (χ0v) is 11.8. The Morgan fingerprint density at radius 3 is 2.32 bits per heavy atom. The third-order valence-corrected chi connectivity index (χ3v) is 5.10. The van der Waals surface area contributed by atoms with Crippen molar-refractivity contribution in [2.75, 3.05) is 17.8 Å². The molecule has 0 unspecified atom stereocenters. The second-order valence-electron chi connectivity index (χ2n) is 4.14. The minimum atomic E-state index is -3.71. The van der Waals surface area contributed by atoms with Crippen molar-refractivity contribution in [3.63, 3.8) is 0 Å². The lowest BCUT2D eigenvalue weighted by atomic mass is 10.1. The summed E-state index contributed by atoms with van der Waals surface area (Å²) < 4.78 is 58.6. The average molecular weight is 305 g/mol. The molecule has 0 bridgehead atoms. The number of halogens is 1. The monoisotopic (exact) mass is 305 g/mol. The molecule has 0 spiro atoms. The maximum absolute atomic E-state index is 13.5. The van der Waals surface area contributed by atoms with Crippen LogP contribution in [0.2, 0.25) is 0 Å². The van der Waals surface area contributed by atoms with Crippen molar-refractivity contribution in [3.8, 4) is 6.07 Å². The molecular weight excluding hydrogens is 293 g/mol. The molecule has 0 fully saturated rings. The number of hydrogen-bond donors (Lipinski definition) is 0. The van der Waals surface area contributed by atoms with Gasteiger partial charge in [-0.15, -0.1) is 0 Å². The van der Waals surface area contributed by atoms with Crippen LogP contribution in [0.15, 0.2) is 18.2 Å². The summed E-state index contributed by atoms with van der Waals surface area (Å²) >= 11 is 0. The lowest BCUT2D eigenvalue weighted by Gasteiger charge is -2.05. The van der Waals surface area contributed by atoms with Gasteiger partial charge in [0.1, 0.15) is 15.7 Å². The summed E-state index contributed by atoms with van der Waals surface area (Å²) in [7, 11) is -7.10. The normalized spacial score (nSPS) is 12.1. The van der Waals surface area contributed by atoms with Crippen molar-refractivity contribution in [3.05, 3.63) is 35.1 Å². The Morgan fingerprint density at radius 2 is 1.84 bits per heavy atom. The Morgan fingerprint density at radius 1 is 1.21 bits per heavy atom. The lowest BCUT2D eigenvalue weighted by Crippen LogP contribution is -2.18. The average Bonchev–Trinajstić information content (AvgIpc) is 2.28. The van der Waals surface area contributed by atoms with Crippen molar-refractivity contribution in [1.82, 2.24) is 0 Å². The molecule has 104 valence electrons. The van der Waals surface area contributed by atoms with Gasteiger partial charge in [0.2, 0.25) is 0 Å². The summed E-state index contributed by atoms with van der Waals surface area (Å²) in [5.41, 5.74) is 0.0160. The molecule has 0 aliphatic carbocycles. The summed E-state index contributed by atoms with van der Waals surface area (Å²) in [6.45, 7) is 0. The molecule has 0 aliphatic heterocycles. The van der Waals surface area contributed by atoms with E-state index < -0.39 is 42.8 Å². The van der Waals surface area contributed by atoms with E-state index in [4.69, 9.17) is 5.26 Å². The van der Waals surface area contributed by atoms with Gasteiger partial charge in [-0.25, -0.2) is 21.2 Å². The number of hydrogen-bond acceptors (Lipinski definition) is 5. The predicted molar refractivity (Wildman–Crippen MR) is 68.3 cm³/mol. The van der Waals surface area contributed by atoms with E-state index >= 15 is 0 Å². The highest BCUT2D eigenvalue weighted by Crippen LogP contribution is 2.14. The SMILES string of the molecule is CS(=O)(=O)CCS(=O)(=O)Cc1ccc(C#N)cc1F. The van der Waals surface area contributed by atoms with E-state index in [1.54, 1.807) is 6.07 Å². The van der Waals surface area contributed by atoms with Gasteiger partial charge in [-0.05, 0) is 12.1 Å². The fourth-order valence-corrected chi connectivity index (χ4v) is 4.40. The summed E-state index contributed by atoms with van der Waals surface area (Å²) in [6, 6.07) is 5.20. The zero-order valence-electron chi connectivity index (χ0n) is 10.1. The van der Waals surface area contributed by atoms with Crippen LogP contribution < -0.4 is 0 Å². The fourth-order valence-electron chi connectivity index (χ4n) is 1.32. The van der Waals surface area contributed by atoms with Crippen molar-refractivity contribution in [2.24, 2.45) is 0 Å². The second kappa shape index (κ2) is 5.67. The molecule has 5 nitrogen and oxygen atoms in total. The second-order valence-corrected chi connectivity index (χ2v) is 8.58. The van der Waals surface area contributed by atoms with Gasteiger partial charge < -0.3 is 0 Å². The molecule has 0 saturated carbocycles. The van der Waals surface area contributed by atoms with Gasteiger partial charge in [-0.3, -0.25) is 0 Å². The fraction of sp³-hybridized carbons (Fsp3) is 0.364. The van der Waals surface area contributed by atoms with Crippen LogP contribution in [-0.4, -0.2) is 34.6 Å². The topological polar surface area (TPSA) is 92.1 Å². The molecule has 0 amide bonds. The Labute approximate surface area is 111 Å². The molecule has 0 atom stereocenters. The molecule has 1 aromatic carbocycles. The molecule has 19 heavy (non-hydrogen) atoms. The van der Waals surface area contributed by atoms with Crippen LogP contribution in [0.1, 0.15) is 11.1 Å². The van der Waals surface area contributed by atoms with Crippen LogP contribution in [0, 0.1) is 17.1 Å². The highest BCUT2D eigenvalue weighted by atomic mass is 32.2. The summed E-state index contributed by atoms with van der Waals surface area (Å²) in [4.78, 5) is 0. The Balaban J connectivity index is 2.88. The van der Waals surface area contributed by atoms with Gasteiger partial charge in [0.25, 0.3) is 0 Å². The molecule has 0 radical (unpaired) electrons. The van der Waals surface area contributed by atoms with E-state index in [1.807, 2.05) is 0 Å². The van der Waals surface area contributed by atoms with Gasteiger partial charge in [0.05, 0.1) is 28.9 Å². The van der Waals surface area contributed by atoms with Crippen LogP contribution >= 0.6 is 0 Å². The van der Waals surface area contributed by atoms with E-state index in [1.165, 1.54) is 12.1 Å². The maximum Gasteiger partial charge on any atom is 0.155 e. The van der Waals surface area contributed by atoms with Gasteiger partial charge >= 0.3 is 0 Å². The molecule has 0 heterocycles. The first kappa shape index (κ1) is 15.6. The predicted octanol–water partition coefficient (Wildman–Crippen LogP) is 0.657. The van der Waals surface area contributed by atoms with Crippen molar-refractivity contribution in [1.29, 1.82) is 5.26 Å². The van der Waals surface area contributed by atoms with E-state index in [2.05, 4.69) is 0 Å². The first-order valence-corrected chi connectivity index (χ1v) is 9.08. The van der Waals surface area contributed by atoms with Crippen LogP contribution in [0.5, 0.6) is 0 Å². The van der Waals surface area contributed by atoms with Crippen molar-refractivity contribution >= 4 is 19.7 Å². The smallest absolute Gasteiger partial charge is 0.155 e. The van der Waals surface area contributed by atoms with Gasteiger partial charge in [-0.2, -0.15) is 5.26 Å². The van der Waals surface area contributed by atoms with Crippen molar-refractivity contribution in [2.45, 2.75) is 5.75 Å². The van der Waals surface area contributed by atoms with Crippen molar-refractivity contribution < 1.29 is 21.2 Å². The standard InChI is InChI=1S/C11H12FNO4S2/c1-18(14,15)4-5-19(16,17)8-10-3-2-9(7-13)6-11(10)12/h2-3,6H,4-5,8H2,1H3. The molecule has 1 rings (SSSR count). The summed E-state index contributed by atoms with van der Waals surface area (Å²) in [5, 5.41) is 8.56. The summed E-state index contributed by atoms with van der Waals surface area (Å²) in [6.07, 6.45) is 0.935. The van der Waals surface area contributed by atoms with Gasteiger partial charge in [0, 0.05) is 11.8 Å². The Bertz CT molecular complexity index is 718. The number of nitriles is 1. The van der Waals surface area contributed by atoms with Crippen LogP contribution in [0.3, 0.4) is 0 Å². The third kappa shape index (κ3) is 5.36. The molecule has 1 aromatic rings. The largest absolute Gasteiger partial charge is 0.229 e. The molecule has 0 aliphatic rings. The maximum atomic E-state index is 13.5. The quantitative estimate of drug-likeness (QED) is 0.796. The molecule has 0 aromatic heterocycles.